The van der Waals surface area contributed by atoms with Gasteiger partial charge in [0.05, 0.1) is 12.7 Å². The average molecular weight is 487 g/mol. The molecule has 5 aliphatic rings. The van der Waals surface area contributed by atoms with Crippen LogP contribution in [0.5, 0.6) is 0 Å². The van der Waals surface area contributed by atoms with Gasteiger partial charge in [-0.1, -0.05) is 54.9 Å². The fraction of sp³-hybridized carbons (Fsp3) is 1.00. The van der Waals surface area contributed by atoms with Gasteiger partial charge in [-0.25, -0.2) is 0 Å². The number of hydrogen-bond donors (Lipinski definition) is 0. The van der Waals surface area contributed by atoms with Gasteiger partial charge in [0.25, 0.3) is 0 Å². The van der Waals surface area contributed by atoms with Crippen LogP contribution < -0.4 is 0 Å². The Kier molecular flexibility index (Phi) is 6.61. The van der Waals surface area contributed by atoms with E-state index in [4.69, 9.17) is 9.47 Å². The van der Waals surface area contributed by atoms with Crippen molar-refractivity contribution in [1.29, 1.82) is 0 Å². The molecule has 5 saturated carbocycles. The molecular formula is C33H58O2. The maximum atomic E-state index is 6.08. The molecule has 0 radical (unpaired) electrons. The molecular weight excluding hydrogens is 428 g/mol. The van der Waals surface area contributed by atoms with Crippen LogP contribution in [-0.2, 0) is 9.47 Å². The number of ether oxygens (including phenoxy) is 2. The third-order valence-corrected chi connectivity index (χ3v) is 14.7. The smallest absolute Gasteiger partial charge is 0.0625 e. The van der Waals surface area contributed by atoms with Crippen molar-refractivity contribution in [2.24, 2.45) is 62.6 Å². The van der Waals surface area contributed by atoms with Gasteiger partial charge >= 0.3 is 0 Å². The first-order valence-corrected chi connectivity index (χ1v) is 15.5. The summed E-state index contributed by atoms with van der Waals surface area (Å²) in [6.45, 7) is 19.4. The molecule has 0 aromatic heterocycles. The van der Waals surface area contributed by atoms with Gasteiger partial charge in [0.1, 0.15) is 0 Å². The topological polar surface area (TPSA) is 18.5 Å². The summed E-state index contributed by atoms with van der Waals surface area (Å²) in [6, 6.07) is 0. The van der Waals surface area contributed by atoms with Gasteiger partial charge in [-0.05, 0) is 127 Å². The number of methoxy groups -OCH3 is 2. The van der Waals surface area contributed by atoms with Crippen LogP contribution in [0.15, 0.2) is 0 Å². The molecule has 0 saturated heterocycles. The molecule has 0 aliphatic heterocycles. The highest BCUT2D eigenvalue weighted by atomic mass is 16.5. The molecule has 0 bridgehead atoms. The van der Waals surface area contributed by atoms with Crippen LogP contribution >= 0.6 is 0 Å². The summed E-state index contributed by atoms with van der Waals surface area (Å²) in [6.07, 6.45) is 15.9. The fourth-order valence-corrected chi connectivity index (χ4v) is 12.7. The van der Waals surface area contributed by atoms with Crippen molar-refractivity contribution in [2.75, 3.05) is 20.8 Å². The van der Waals surface area contributed by atoms with Gasteiger partial charge in [0.15, 0.2) is 0 Å². The molecule has 0 aromatic carbocycles. The average Bonchev–Trinajstić information content (AvgIpc) is 3.18. The Morgan fingerprint density at radius 2 is 1.51 bits per heavy atom. The van der Waals surface area contributed by atoms with Gasteiger partial charge in [-0.3, -0.25) is 0 Å². The molecule has 0 aromatic rings. The van der Waals surface area contributed by atoms with E-state index < -0.39 is 0 Å². The molecule has 2 nitrogen and oxygen atoms in total. The van der Waals surface area contributed by atoms with Crippen molar-refractivity contribution in [3.8, 4) is 0 Å². The first-order chi connectivity index (χ1) is 16.4. The van der Waals surface area contributed by atoms with E-state index in [0.717, 1.165) is 42.1 Å². The third kappa shape index (κ3) is 3.39. The fourth-order valence-electron chi connectivity index (χ4n) is 12.7. The summed E-state index contributed by atoms with van der Waals surface area (Å²) in [5, 5.41) is 0. The molecule has 0 N–H and O–H groups in total. The van der Waals surface area contributed by atoms with Gasteiger partial charge in [0, 0.05) is 14.2 Å². The molecule has 5 fully saturated rings. The third-order valence-electron chi connectivity index (χ3n) is 14.7. The van der Waals surface area contributed by atoms with E-state index in [1.807, 2.05) is 14.2 Å². The zero-order chi connectivity index (χ0) is 25.4. The minimum Gasteiger partial charge on any atom is -0.384 e. The lowest BCUT2D eigenvalue weighted by Gasteiger charge is -2.73. The maximum absolute atomic E-state index is 6.08. The van der Waals surface area contributed by atoms with E-state index in [1.54, 1.807) is 0 Å². The summed E-state index contributed by atoms with van der Waals surface area (Å²) in [5.41, 5.74) is 2.15. The number of rotatable bonds is 5. The second-order valence-corrected chi connectivity index (χ2v) is 15.7. The van der Waals surface area contributed by atoms with E-state index in [1.165, 1.54) is 70.6 Å². The Bertz CT molecular complexity index is 790. The highest BCUT2D eigenvalue weighted by molar-refractivity contribution is 5.19. The molecule has 11 atom stereocenters. The van der Waals surface area contributed by atoms with E-state index in [0.29, 0.717) is 27.8 Å². The summed E-state index contributed by atoms with van der Waals surface area (Å²) in [7, 11) is 3.92. The molecule has 0 spiro atoms. The van der Waals surface area contributed by atoms with Gasteiger partial charge in [-0.2, -0.15) is 0 Å². The maximum Gasteiger partial charge on any atom is 0.0625 e. The van der Waals surface area contributed by atoms with E-state index in [2.05, 4.69) is 48.5 Å². The van der Waals surface area contributed by atoms with Crippen molar-refractivity contribution in [1.82, 2.24) is 0 Å². The van der Waals surface area contributed by atoms with E-state index in [-0.39, 0.29) is 5.41 Å². The van der Waals surface area contributed by atoms with Gasteiger partial charge < -0.3 is 9.47 Å². The second kappa shape index (κ2) is 8.72. The van der Waals surface area contributed by atoms with Crippen molar-refractivity contribution < 1.29 is 9.47 Å². The first kappa shape index (κ1) is 26.5. The Hall–Kier alpha value is -0.0800. The van der Waals surface area contributed by atoms with Crippen molar-refractivity contribution in [2.45, 2.75) is 125 Å². The van der Waals surface area contributed by atoms with Crippen LogP contribution in [0.1, 0.15) is 119 Å². The summed E-state index contributed by atoms with van der Waals surface area (Å²) < 4.78 is 12.1. The molecule has 5 aliphatic carbocycles. The molecule has 35 heavy (non-hydrogen) atoms. The minimum absolute atomic E-state index is 0.286. The van der Waals surface area contributed by atoms with Crippen LogP contribution in [0.25, 0.3) is 0 Å². The van der Waals surface area contributed by atoms with Crippen LogP contribution in [0.2, 0.25) is 0 Å². The SMILES string of the molecule is CCC(C)[C@@H]1CC[C@]2(COC)CC[C@]3(C)C(CCC4[C@@]5(C)CCC(OC)C(C)(C)C5CC[C@]43C)C12. The van der Waals surface area contributed by atoms with Crippen molar-refractivity contribution >= 4 is 0 Å². The zero-order valence-electron chi connectivity index (χ0n) is 24.8. The summed E-state index contributed by atoms with van der Waals surface area (Å²) in [4.78, 5) is 0. The number of hydrogen-bond acceptors (Lipinski definition) is 2. The highest BCUT2D eigenvalue weighted by Gasteiger charge is 2.71. The molecule has 5 rings (SSSR count). The Morgan fingerprint density at radius 3 is 2.17 bits per heavy atom. The lowest BCUT2D eigenvalue weighted by Crippen LogP contribution is -2.67. The molecule has 202 valence electrons. The molecule has 0 heterocycles. The molecule has 6 unspecified atom stereocenters. The normalized spacial score (nSPS) is 53.7. The van der Waals surface area contributed by atoms with Crippen LogP contribution in [0, 0.1) is 62.6 Å². The van der Waals surface area contributed by atoms with Crippen LogP contribution in [-0.4, -0.2) is 26.9 Å². The lowest BCUT2D eigenvalue weighted by atomic mass is 9.32. The largest absolute Gasteiger partial charge is 0.384 e. The number of fused-ring (bicyclic) bond motifs is 7. The van der Waals surface area contributed by atoms with Crippen LogP contribution in [0.3, 0.4) is 0 Å². The van der Waals surface area contributed by atoms with Crippen LogP contribution in [0.4, 0.5) is 0 Å². The minimum atomic E-state index is 0.286. The van der Waals surface area contributed by atoms with Crippen molar-refractivity contribution in [3.63, 3.8) is 0 Å². The van der Waals surface area contributed by atoms with Crippen molar-refractivity contribution in [3.05, 3.63) is 0 Å². The summed E-state index contributed by atoms with van der Waals surface area (Å²) in [5.74, 6) is 5.18. The zero-order valence-corrected chi connectivity index (χ0v) is 24.8. The van der Waals surface area contributed by atoms with E-state index in [9.17, 15) is 0 Å². The monoisotopic (exact) mass is 486 g/mol. The summed E-state index contributed by atoms with van der Waals surface area (Å²) >= 11 is 0. The standard InChI is InChI=1S/C33H58O2/c1-10-22(2)23-13-18-33(21-34-8)20-19-31(6)24(28(23)33)11-12-26-30(5)16-15-27(35-9)29(3,4)25(30)14-17-32(26,31)7/h22-28H,10-21H2,1-9H3/t22?,23-,24?,25?,26?,27?,28?,30-,31+,32+,33+/m0/s1. The van der Waals surface area contributed by atoms with Gasteiger partial charge in [-0.15, -0.1) is 0 Å². The highest BCUT2D eigenvalue weighted by Crippen LogP contribution is 2.77. The Labute approximate surface area is 218 Å². The van der Waals surface area contributed by atoms with Gasteiger partial charge in [0.2, 0.25) is 0 Å². The van der Waals surface area contributed by atoms with E-state index >= 15 is 0 Å². The molecule has 2 heteroatoms. The first-order valence-electron chi connectivity index (χ1n) is 15.5. The Balaban J connectivity index is 1.52. The quantitative estimate of drug-likeness (QED) is 0.386. The lowest BCUT2D eigenvalue weighted by molar-refractivity contribution is -0.253. The predicted molar refractivity (Wildman–Crippen MR) is 146 cm³/mol. The molecule has 0 amide bonds. The predicted octanol–water partition coefficient (Wildman–Crippen LogP) is 8.78. The second-order valence-electron chi connectivity index (χ2n) is 15.7. The Morgan fingerprint density at radius 1 is 0.771 bits per heavy atom.